The lowest BCUT2D eigenvalue weighted by Crippen LogP contribution is -2.32. The van der Waals surface area contributed by atoms with Crippen molar-refractivity contribution in [1.82, 2.24) is 19.4 Å². The normalized spacial score (nSPS) is 13.3. The lowest BCUT2D eigenvalue weighted by Gasteiger charge is -2.23. The molecule has 2 aliphatic rings. The van der Waals surface area contributed by atoms with Gasteiger partial charge >= 0.3 is 18.1 Å². The van der Waals surface area contributed by atoms with Crippen LogP contribution in [-0.4, -0.2) is 82.2 Å². The molecule has 2 heterocycles. The van der Waals surface area contributed by atoms with Crippen LogP contribution < -0.4 is 10.3 Å². The third-order valence-corrected chi connectivity index (χ3v) is 11.1. The summed E-state index contributed by atoms with van der Waals surface area (Å²) in [6.07, 6.45) is 1.68. The SMILES string of the molecule is CCOC(=O)Cc1cc(-c2ccc(C)cc2CN(CC)C(=O)C2CC2)c(=O)n(CC(F)(F)F)c1.CCOC(=O)Cc1cnc(OCC)c(-c2ccc(C)cc2CN(CC)C(=O)C2CC2)c1. The minimum absolute atomic E-state index is 0.0186. The summed E-state index contributed by atoms with van der Waals surface area (Å²) in [5.41, 5.74) is 6.22. The van der Waals surface area contributed by atoms with Crippen LogP contribution in [0.3, 0.4) is 0 Å². The first-order valence-electron chi connectivity index (χ1n) is 22.5. The van der Waals surface area contributed by atoms with Gasteiger partial charge in [0.05, 0.1) is 32.7 Å². The van der Waals surface area contributed by atoms with E-state index in [1.165, 1.54) is 6.07 Å². The zero-order valence-corrected chi connectivity index (χ0v) is 38.5. The van der Waals surface area contributed by atoms with Gasteiger partial charge in [0.2, 0.25) is 17.7 Å². The monoisotopic (exact) mass is 902 g/mol. The molecule has 4 aromatic rings. The molecule has 0 atom stereocenters. The van der Waals surface area contributed by atoms with Crippen molar-refractivity contribution in [3.8, 4) is 28.1 Å². The molecule has 0 aliphatic heterocycles. The van der Waals surface area contributed by atoms with Gasteiger partial charge in [-0.15, -0.1) is 0 Å². The molecule has 0 spiro atoms. The second-order valence-corrected chi connectivity index (χ2v) is 16.5. The third-order valence-electron chi connectivity index (χ3n) is 11.1. The van der Waals surface area contributed by atoms with Crippen LogP contribution >= 0.6 is 0 Å². The van der Waals surface area contributed by atoms with E-state index in [2.05, 4.69) is 11.1 Å². The Balaban J connectivity index is 0.000000245. The minimum atomic E-state index is -4.62. The van der Waals surface area contributed by atoms with Gasteiger partial charge in [0, 0.05) is 61.5 Å². The summed E-state index contributed by atoms with van der Waals surface area (Å²) in [5, 5.41) is 0. The molecule has 0 saturated heterocycles. The molecular formula is C50H61F3N4O8. The molecule has 12 nitrogen and oxygen atoms in total. The second-order valence-electron chi connectivity index (χ2n) is 16.5. The van der Waals surface area contributed by atoms with Gasteiger partial charge in [-0.05, 0) is 120 Å². The fourth-order valence-corrected chi connectivity index (χ4v) is 7.60. The van der Waals surface area contributed by atoms with E-state index in [0.29, 0.717) is 54.4 Å². The number of hydrogen-bond donors (Lipinski definition) is 0. The first kappa shape index (κ1) is 50.0. The quantitative estimate of drug-likeness (QED) is 0.0848. The largest absolute Gasteiger partial charge is 0.478 e. The number of aryl methyl sites for hydroxylation is 2. The zero-order chi connectivity index (χ0) is 47.4. The Morgan fingerprint density at radius 2 is 1.15 bits per heavy atom. The van der Waals surface area contributed by atoms with Crippen LogP contribution in [0.15, 0.2) is 65.7 Å². The zero-order valence-electron chi connectivity index (χ0n) is 38.5. The Hall–Kier alpha value is -5.99. The van der Waals surface area contributed by atoms with Crippen LogP contribution in [0.1, 0.15) is 93.7 Å². The maximum atomic E-state index is 13.2. The van der Waals surface area contributed by atoms with Crippen molar-refractivity contribution in [2.45, 2.75) is 113 Å². The third kappa shape index (κ3) is 14.2. The van der Waals surface area contributed by atoms with Crippen LogP contribution in [0.25, 0.3) is 22.3 Å². The molecule has 0 bridgehead atoms. The average Bonchev–Trinajstić information content (AvgIpc) is 4.18. The van der Waals surface area contributed by atoms with Crippen molar-refractivity contribution in [3.63, 3.8) is 0 Å². The number of carbonyl (C=O) groups excluding carboxylic acids is 4. The lowest BCUT2D eigenvalue weighted by atomic mass is 9.96. The molecule has 2 fully saturated rings. The number of amides is 2. The van der Waals surface area contributed by atoms with E-state index in [4.69, 9.17) is 14.2 Å². The Bertz CT molecular complexity index is 2390. The van der Waals surface area contributed by atoms with E-state index in [1.54, 1.807) is 37.1 Å². The maximum Gasteiger partial charge on any atom is 0.406 e. The van der Waals surface area contributed by atoms with Crippen LogP contribution in [0.5, 0.6) is 5.88 Å². The van der Waals surface area contributed by atoms with Crippen LogP contribution in [0.2, 0.25) is 0 Å². The van der Waals surface area contributed by atoms with Gasteiger partial charge in [0.15, 0.2) is 0 Å². The van der Waals surface area contributed by atoms with Crippen molar-refractivity contribution in [1.29, 1.82) is 0 Å². The summed E-state index contributed by atoms with van der Waals surface area (Å²) >= 11 is 0. The average molecular weight is 903 g/mol. The highest BCUT2D eigenvalue weighted by molar-refractivity contribution is 5.83. The molecule has 2 aromatic heterocycles. The number of aromatic nitrogens is 2. The highest BCUT2D eigenvalue weighted by Gasteiger charge is 2.35. The van der Waals surface area contributed by atoms with E-state index >= 15 is 0 Å². The molecule has 0 radical (unpaired) electrons. The van der Waals surface area contributed by atoms with E-state index in [9.17, 15) is 37.1 Å². The van der Waals surface area contributed by atoms with Crippen molar-refractivity contribution in [2.24, 2.45) is 11.8 Å². The second kappa shape index (κ2) is 22.8. The molecule has 2 aromatic carbocycles. The van der Waals surface area contributed by atoms with E-state index in [1.807, 2.05) is 63.8 Å². The van der Waals surface area contributed by atoms with Crippen LogP contribution in [0.4, 0.5) is 13.2 Å². The Kier molecular flexibility index (Phi) is 17.5. The fraction of sp³-hybridized carbons (Fsp3) is 0.480. The number of alkyl halides is 3. The first-order valence-corrected chi connectivity index (χ1v) is 22.5. The highest BCUT2D eigenvalue weighted by Crippen LogP contribution is 2.36. The van der Waals surface area contributed by atoms with E-state index in [0.717, 1.165) is 65.3 Å². The highest BCUT2D eigenvalue weighted by atomic mass is 19.4. The Morgan fingerprint density at radius 3 is 1.60 bits per heavy atom. The van der Waals surface area contributed by atoms with Gasteiger partial charge in [-0.1, -0.05) is 47.5 Å². The predicted molar refractivity (Wildman–Crippen MR) is 241 cm³/mol. The number of ether oxygens (including phenoxy) is 3. The van der Waals surface area contributed by atoms with Crippen molar-refractivity contribution in [2.75, 3.05) is 32.9 Å². The summed E-state index contributed by atoms with van der Waals surface area (Å²) in [5.74, 6) is 0.121. The predicted octanol–water partition coefficient (Wildman–Crippen LogP) is 8.57. The van der Waals surface area contributed by atoms with Crippen molar-refractivity contribution >= 4 is 23.8 Å². The van der Waals surface area contributed by atoms with Crippen molar-refractivity contribution in [3.05, 3.63) is 105 Å². The molecule has 6 rings (SSSR count). The van der Waals surface area contributed by atoms with E-state index < -0.39 is 24.2 Å². The smallest absolute Gasteiger partial charge is 0.406 e. The number of carbonyl (C=O) groups is 4. The molecule has 15 heteroatoms. The van der Waals surface area contributed by atoms with Gasteiger partial charge < -0.3 is 28.6 Å². The fourth-order valence-electron chi connectivity index (χ4n) is 7.60. The van der Waals surface area contributed by atoms with Crippen LogP contribution in [0, 0.1) is 25.7 Å². The summed E-state index contributed by atoms with van der Waals surface area (Å²) < 4.78 is 56.0. The Labute approximate surface area is 379 Å². The van der Waals surface area contributed by atoms with Gasteiger partial charge in [-0.3, -0.25) is 24.0 Å². The molecule has 2 saturated carbocycles. The number of nitrogens with zero attached hydrogens (tertiary/aromatic N) is 4. The summed E-state index contributed by atoms with van der Waals surface area (Å²) in [7, 11) is 0. The van der Waals surface area contributed by atoms with Gasteiger partial charge in [-0.25, -0.2) is 4.98 Å². The summed E-state index contributed by atoms with van der Waals surface area (Å²) in [6, 6.07) is 14.9. The molecule has 350 valence electrons. The van der Waals surface area contributed by atoms with Gasteiger partial charge in [-0.2, -0.15) is 13.2 Å². The first-order chi connectivity index (χ1) is 31.0. The molecule has 0 N–H and O–H groups in total. The topological polar surface area (TPSA) is 137 Å². The van der Waals surface area contributed by atoms with Crippen LogP contribution in [-0.2, 0) is 61.1 Å². The number of rotatable bonds is 19. The number of benzene rings is 2. The number of esters is 2. The maximum absolute atomic E-state index is 13.2. The lowest BCUT2D eigenvalue weighted by molar-refractivity contribution is -0.143. The van der Waals surface area contributed by atoms with E-state index in [-0.39, 0.29) is 66.7 Å². The molecule has 0 unspecified atom stereocenters. The molecular weight excluding hydrogens is 842 g/mol. The molecule has 65 heavy (non-hydrogen) atoms. The Morgan fingerprint density at radius 1 is 0.677 bits per heavy atom. The number of pyridine rings is 2. The van der Waals surface area contributed by atoms with Gasteiger partial charge in [0.25, 0.3) is 5.56 Å². The minimum Gasteiger partial charge on any atom is -0.478 e. The summed E-state index contributed by atoms with van der Waals surface area (Å²) in [6.45, 7) is 14.6. The van der Waals surface area contributed by atoms with Crippen molar-refractivity contribution < 1.29 is 46.6 Å². The number of hydrogen-bond acceptors (Lipinski definition) is 9. The van der Waals surface area contributed by atoms with Gasteiger partial charge in [0.1, 0.15) is 6.54 Å². The molecule has 2 aliphatic carbocycles. The standard InChI is InChI=1S/C25H29F3N2O4.C25H32N2O4/c1-4-29(23(32)18-7-8-18)14-19-10-16(3)6-9-20(19)21-11-17(12-22(31)34-5-2)13-30(24(21)33)15-25(26,27)28;1-5-27(25(29)19-9-10-19)16-20-12-17(4)8-11-21(20)22-13-18(14-23(28)30-6-2)15-26-24(22)31-7-3/h6,9-11,13,18H,4-5,7-8,12,14-15H2,1-3H3;8,11-13,15,19H,5-7,9-10,14,16H2,1-4H3. The summed E-state index contributed by atoms with van der Waals surface area (Å²) in [4.78, 5) is 70.6. The molecule has 2 amide bonds. The number of halogens is 3.